The van der Waals surface area contributed by atoms with Crippen molar-refractivity contribution in [1.82, 2.24) is 19.3 Å². The Kier molecular flexibility index (Phi) is 3.38. The first-order valence-corrected chi connectivity index (χ1v) is 5.86. The molecule has 6 heteroatoms. The van der Waals surface area contributed by atoms with Crippen LogP contribution in [0.4, 0.5) is 0 Å². The van der Waals surface area contributed by atoms with Crippen molar-refractivity contribution in [3.8, 4) is 5.88 Å². The smallest absolute Gasteiger partial charge is 0.217 e. The Morgan fingerprint density at radius 2 is 2.22 bits per heavy atom. The van der Waals surface area contributed by atoms with Gasteiger partial charge in [-0.05, 0) is 13.8 Å². The second-order valence-corrected chi connectivity index (χ2v) is 4.11. The Morgan fingerprint density at radius 3 is 2.83 bits per heavy atom. The van der Waals surface area contributed by atoms with Gasteiger partial charge in [-0.3, -0.25) is 0 Å². The highest BCUT2D eigenvalue weighted by atomic mass is 16.5. The van der Waals surface area contributed by atoms with E-state index in [9.17, 15) is 5.11 Å². The molecule has 2 heterocycles. The van der Waals surface area contributed by atoms with Crippen LogP contribution in [-0.4, -0.2) is 31.5 Å². The molecule has 0 amide bonds. The zero-order valence-electron chi connectivity index (χ0n) is 11.1. The van der Waals surface area contributed by atoms with Crippen molar-refractivity contribution in [2.24, 2.45) is 7.05 Å². The van der Waals surface area contributed by atoms with Crippen LogP contribution in [0, 0.1) is 6.92 Å². The van der Waals surface area contributed by atoms with Gasteiger partial charge in [-0.15, -0.1) is 0 Å². The molecule has 0 aliphatic rings. The second kappa shape index (κ2) is 4.81. The van der Waals surface area contributed by atoms with E-state index in [1.165, 1.54) is 0 Å². The summed E-state index contributed by atoms with van der Waals surface area (Å²) in [4.78, 5) is 4.21. The Hall–Kier alpha value is -1.82. The predicted octanol–water partition coefficient (Wildman–Crippen LogP) is 1.04. The molecule has 2 rings (SSSR count). The fourth-order valence-electron chi connectivity index (χ4n) is 2.18. The molecule has 0 saturated carbocycles. The zero-order chi connectivity index (χ0) is 13.3. The van der Waals surface area contributed by atoms with Crippen molar-refractivity contribution < 1.29 is 9.84 Å². The molecule has 98 valence electrons. The summed E-state index contributed by atoms with van der Waals surface area (Å²) in [6.45, 7) is 4.61. The van der Waals surface area contributed by atoms with Gasteiger partial charge in [0.1, 0.15) is 11.9 Å². The van der Waals surface area contributed by atoms with Crippen molar-refractivity contribution >= 4 is 0 Å². The minimum absolute atomic E-state index is 0.561. The number of hydrogen-bond acceptors (Lipinski definition) is 4. The van der Waals surface area contributed by atoms with Gasteiger partial charge >= 0.3 is 0 Å². The summed E-state index contributed by atoms with van der Waals surface area (Å²) in [5.41, 5.74) is 1.41. The number of imidazole rings is 1. The fraction of sp³-hybridized carbons (Fsp3) is 0.500. The van der Waals surface area contributed by atoms with Gasteiger partial charge in [0.05, 0.1) is 18.4 Å². The van der Waals surface area contributed by atoms with Gasteiger partial charge in [-0.1, -0.05) is 0 Å². The number of hydrogen-bond donors (Lipinski definition) is 1. The number of ether oxygens (including phenoxy) is 1. The summed E-state index contributed by atoms with van der Waals surface area (Å²) in [5.74, 6) is 1.16. The topological polar surface area (TPSA) is 65.1 Å². The molecule has 1 N–H and O–H groups in total. The molecular formula is C12H18N4O2. The van der Waals surface area contributed by atoms with Crippen LogP contribution < -0.4 is 4.74 Å². The Labute approximate surface area is 106 Å². The van der Waals surface area contributed by atoms with Crippen LogP contribution in [-0.2, 0) is 13.6 Å². The average molecular weight is 250 g/mol. The van der Waals surface area contributed by atoms with E-state index in [1.54, 1.807) is 25.0 Å². The third kappa shape index (κ3) is 1.88. The molecular weight excluding hydrogens is 232 g/mol. The number of nitrogens with zero attached hydrogens (tertiary/aromatic N) is 4. The molecule has 0 radical (unpaired) electrons. The van der Waals surface area contributed by atoms with E-state index in [-0.39, 0.29) is 0 Å². The van der Waals surface area contributed by atoms with Gasteiger partial charge in [0, 0.05) is 26.0 Å². The summed E-state index contributed by atoms with van der Waals surface area (Å²) in [6, 6.07) is 0. The summed E-state index contributed by atoms with van der Waals surface area (Å²) >= 11 is 0. The number of rotatable bonds is 4. The van der Waals surface area contributed by atoms with Gasteiger partial charge in [0.2, 0.25) is 5.88 Å². The maximum atomic E-state index is 10.5. The van der Waals surface area contributed by atoms with Gasteiger partial charge < -0.3 is 14.4 Å². The van der Waals surface area contributed by atoms with E-state index < -0.39 is 6.10 Å². The molecule has 0 spiro atoms. The highest BCUT2D eigenvalue weighted by Gasteiger charge is 2.25. The number of aliphatic hydroxyl groups is 1. The minimum Gasteiger partial charge on any atom is -0.481 e. The lowest BCUT2D eigenvalue weighted by Gasteiger charge is -2.13. The molecule has 0 fully saturated rings. The first kappa shape index (κ1) is 12.6. The largest absolute Gasteiger partial charge is 0.481 e. The van der Waals surface area contributed by atoms with Crippen LogP contribution in [0.25, 0.3) is 0 Å². The highest BCUT2D eigenvalue weighted by molar-refractivity contribution is 5.36. The van der Waals surface area contributed by atoms with Gasteiger partial charge in [-0.25, -0.2) is 9.67 Å². The standard InChI is InChI=1S/C12H18N4O2/c1-5-16-7-6-13-11(16)10(17)9-8(2)14-15(3)12(9)18-4/h6-7,10,17H,5H2,1-4H3. The quantitative estimate of drug-likeness (QED) is 0.880. The highest BCUT2D eigenvalue weighted by Crippen LogP contribution is 2.31. The SMILES string of the molecule is CCn1ccnc1C(O)c1c(C)nn(C)c1OC. The Morgan fingerprint density at radius 1 is 1.50 bits per heavy atom. The summed E-state index contributed by atoms with van der Waals surface area (Å²) in [7, 11) is 3.35. The van der Waals surface area contributed by atoms with Crippen molar-refractivity contribution in [2.75, 3.05) is 7.11 Å². The van der Waals surface area contributed by atoms with Crippen LogP contribution in [0.15, 0.2) is 12.4 Å². The molecule has 6 nitrogen and oxygen atoms in total. The van der Waals surface area contributed by atoms with E-state index in [4.69, 9.17) is 4.74 Å². The van der Waals surface area contributed by atoms with Crippen LogP contribution >= 0.6 is 0 Å². The molecule has 1 atom stereocenters. The summed E-state index contributed by atoms with van der Waals surface area (Å²) in [5, 5.41) is 14.7. The average Bonchev–Trinajstić information content (AvgIpc) is 2.92. The predicted molar refractivity (Wildman–Crippen MR) is 66.5 cm³/mol. The third-order valence-corrected chi connectivity index (χ3v) is 3.01. The van der Waals surface area contributed by atoms with E-state index >= 15 is 0 Å². The fourth-order valence-corrected chi connectivity index (χ4v) is 2.18. The lowest BCUT2D eigenvalue weighted by molar-refractivity contribution is 0.198. The molecule has 0 aliphatic heterocycles. The van der Waals surface area contributed by atoms with Crippen molar-refractivity contribution in [3.05, 3.63) is 29.5 Å². The van der Waals surface area contributed by atoms with Gasteiger partial charge in [0.25, 0.3) is 0 Å². The normalized spacial score (nSPS) is 12.7. The van der Waals surface area contributed by atoms with Crippen LogP contribution in [0.5, 0.6) is 5.88 Å². The van der Waals surface area contributed by atoms with E-state index in [0.717, 1.165) is 12.2 Å². The van der Waals surface area contributed by atoms with Crippen molar-refractivity contribution in [3.63, 3.8) is 0 Å². The maximum absolute atomic E-state index is 10.5. The molecule has 1 unspecified atom stereocenters. The number of methoxy groups -OCH3 is 1. The van der Waals surface area contributed by atoms with Crippen molar-refractivity contribution in [1.29, 1.82) is 0 Å². The van der Waals surface area contributed by atoms with Gasteiger partial charge in [0.15, 0.2) is 0 Å². The van der Waals surface area contributed by atoms with Crippen molar-refractivity contribution in [2.45, 2.75) is 26.5 Å². The molecule has 18 heavy (non-hydrogen) atoms. The van der Waals surface area contributed by atoms with E-state index in [1.807, 2.05) is 24.6 Å². The van der Waals surface area contributed by atoms with Gasteiger partial charge in [-0.2, -0.15) is 5.10 Å². The monoisotopic (exact) mass is 250 g/mol. The van der Waals surface area contributed by atoms with Crippen LogP contribution in [0.2, 0.25) is 0 Å². The maximum Gasteiger partial charge on any atom is 0.217 e. The Balaban J connectivity index is 2.49. The van der Waals surface area contributed by atoms with Crippen LogP contribution in [0.1, 0.15) is 30.1 Å². The first-order chi connectivity index (χ1) is 8.60. The number of aliphatic hydroxyl groups excluding tert-OH is 1. The molecule has 0 aliphatic carbocycles. The summed E-state index contributed by atoms with van der Waals surface area (Å²) in [6.07, 6.45) is 2.69. The number of aromatic nitrogens is 4. The second-order valence-electron chi connectivity index (χ2n) is 4.11. The van der Waals surface area contributed by atoms with E-state index in [0.29, 0.717) is 17.3 Å². The summed E-state index contributed by atoms with van der Waals surface area (Å²) < 4.78 is 8.81. The lowest BCUT2D eigenvalue weighted by Crippen LogP contribution is -2.10. The third-order valence-electron chi connectivity index (χ3n) is 3.01. The van der Waals surface area contributed by atoms with E-state index in [2.05, 4.69) is 10.1 Å². The molecule has 0 bridgehead atoms. The lowest BCUT2D eigenvalue weighted by atomic mass is 10.1. The van der Waals surface area contributed by atoms with Crippen LogP contribution in [0.3, 0.4) is 0 Å². The minimum atomic E-state index is -0.830. The first-order valence-electron chi connectivity index (χ1n) is 5.86. The molecule has 0 aromatic carbocycles. The number of aryl methyl sites for hydroxylation is 3. The molecule has 0 saturated heterocycles. The molecule has 2 aromatic rings. The molecule has 2 aromatic heterocycles. The zero-order valence-corrected chi connectivity index (χ0v) is 11.1. The Bertz CT molecular complexity index is 544.